The van der Waals surface area contributed by atoms with Crippen LogP contribution in [0.2, 0.25) is 5.02 Å². The lowest BCUT2D eigenvalue weighted by Crippen LogP contribution is -2.34. The number of nitrogens with one attached hydrogen (secondary N) is 1. The summed E-state index contributed by atoms with van der Waals surface area (Å²) in [6, 6.07) is 5.14. The van der Waals surface area contributed by atoms with Gasteiger partial charge >= 0.3 is 12.1 Å². The van der Waals surface area contributed by atoms with E-state index in [1.807, 2.05) is 0 Å². The Bertz CT molecular complexity index is 608. The second kappa shape index (κ2) is 7.65. The minimum Gasteiger partial charge on any atom is -0.464 e. The summed E-state index contributed by atoms with van der Waals surface area (Å²) in [6.45, 7) is 5.16. The van der Waals surface area contributed by atoms with E-state index in [0.29, 0.717) is 10.6 Å². The Morgan fingerprint density at radius 1 is 1.32 bits per heavy atom. The first-order valence-electron chi connectivity index (χ1n) is 6.37. The molecule has 0 fully saturated rings. The van der Waals surface area contributed by atoms with Gasteiger partial charge in [0.05, 0.1) is 7.11 Å². The van der Waals surface area contributed by atoms with Crippen molar-refractivity contribution in [2.75, 3.05) is 7.11 Å². The minimum atomic E-state index is -0.754. The predicted molar refractivity (Wildman–Crippen MR) is 88.5 cm³/mol. The van der Waals surface area contributed by atoms with Crippen molar-refractivity contribution in [3.8, 4) is 0 Å². The summed E-state index contributed by atoms with van der Waals surface area (Å²) in [6.07, 6.45) is 0.665. The van der Waals surface area contributed by atoms with Crippen molar-refractivity contribution in [1.82, 2.24) is 5.32 Å². The smallest absolute Gasteiger partial charge is 0.412 e. The number of amides is 1. The molecule has 1 N–H and O–H groups in total. The molecule has 0 saturated carbocycles. The van der Waals surface area contributed by atoms with Crippen LogP contribution in [-0.4, -0.2) is 24.8 Å². The van der Waals surface area contributed by atoms with Crippen molar-refractivity contribution in [2.45, 2.75) is 26.4 Å². The van der Waals surface area contributed by atoms with Crippen molar-refractivity contribution >= 4 is 45.7 Å². The minimum absolute atomic E-state index is 0.0725. The number of rotatable bonds is 3. The van der Waals surface area contributed by atoms with Crippen LogP contribution >= 0.6 is 27.5 Å². The maximum Gasteiger partial charge on any atom is 0.412 e. The Balaban J connectivity index is 3.08. The third-order valence-electron chi connectivity index (χ3n) is 2.30. The average molecular weight is 391 g/mol. The van der Waals surface area contributed by atoms with Crippen LogP contribution in [0.5, 0.6) is 0 Å². The van der Waals surface area contributed by atoms with Crippen LogP contribution in [-0.2, 0) is 14.3 Å². The molecule has 7 heteroatoms. The fraction of sp³-hybridized carbons (Fsp3) is 0.333. The summed E-state index contributed by atoms with van der Waals surface area (Å²) >= 11 is 9.38. The molecule has 0 aliphatic carbocycles. The van der Waals surface area contributed by atoms with Crippen LogP contribution in [0.4, 0.5) is 4.79 Å². The highest BCUT2D eigenvalue weighted by atomic mass is 79.9. The van der Waals surface area contributed by atoms with E-state index in [4.69, 9.17) is 16.3 Å². The number of methoxy groups -OCH3 is 1. The third kappa shape index (κ3) is 6.07. The van der Waals surface area contributed by atoms with Gasteiger partial charge in [0.15, 0.2) is 0 Å². The molecule has 0 spiro atoms. The normalized spacial score (nSPS) is 11.8. The molecule has 1 amide bonds. The van der Waals surface area contributed by atoms with Crippen molar-refractivity contribution < 1.29 is 19.1 Å². The van der Waals surface area contributed by atoms with Gasteiger partial charge in [0.25, 0.3) is 0 Å². The zero-order valence-corrected chi connectivity index (χ0v) is 15.0. The molecular weight excluding hydrogens is 374 g/mol. The third-order valence-corrected chi connectivity index (χ3v) is 3.14. The first-order chi connectivity index (χ1) is 10.1. The summed E-state index contributed by atoms with van der Waals surface area (Å²) < 4.78 is 10.5. The van der Waals surface area contributed by atoms with Gasteiger partial charge in [0.2, 0.25) is 0 Å². The SMILES string of the molecule is COC(=O)C(=Cc1cc(Br)ccc1Cl)NC(=O)OC(C)(C)C. The average Bonchev–Trinajstić information content (AvgIpc) is 2.39. The number of ether oxygens (including phenoxy) is 2. The molecule has 0 aliphatic heterocycles. The second-order valence-electron chi connectivity index (χ2n) is 5.34. The Morgan fingerprint density at radius 3 is 2.50 bits per heavy atom. The summed E-state index contributed by atoms with van der Waals surface area (Å²) in [4.78, 5) is 23.6. The molecule has 0 atom stereocenters. The predicted octanol–water partition coefficient (Wildman–Crippen LogP) is 4.14. The van der Waals surface area contributed by atoms with Crippen molar-refractivity contribution in [2.24, 2.45) is 0 Å². The lowest BCUT2D eigenvalue weighted by atomic mass is 10.2. The highest BCUT2D eigenvalue weighted by Gasteiger charge is 2.20. The van der Waals surface area contributed by atoms with Gasteiger partial charge in [-0.05, 0) is 50.6 Å². The number of hydrogen-bond acceptors (Lipinski definition) is 4. The lowest BCUT2D eigenvalue weighted by Gasteiger charge is -2.20. The Hall–Kier alpha value is -1.53. The molecule has 5 nitrogen and oxygen atoms in total. The van der Waals surface area contributed by atoms with Gasteiger partial charge in [-0.3, -0.25) is 5.32 Å². The van der Waals surface area contributed by atoms with Crippen molar-refractivity contribution in [3.05, 3.63) is 39.0 Å². The van der Waals surface area contributed by atoms with Crippen molar-refractivity contribution in [1.29, 1.82) is 0 Å². The van der Waals surface area contributed by atoms with Crippen LogP contribution in [0, 0.1) is 0 Å². The van der Waals surface area contributed by atoms with E-state index >= 15 is 0 Å². The molecule has 0 saturated heterocycles. The fourth-order valence-electron chi connectivity index (χ4n) is 1.45. The van der Waals surface area contributed by atoms with E-state index in [1.54, 1.807) is 39.0 Å². The zero-order chi connectivity index (χ0) is 16.9. The highest BCUT2D eigenvalue weighted by Crippen LogP contribution is 2.23. The molecule has 120 valence electrons. The maximum absolute atomic E-state index is 11.8. The van der Waals surface area contributed by atoms with Gasteiger partial charge in [0.1, 0.15) is 11.3 Å². The van der Waals surface area contributed by atoms with E-state index in [1.165, 1.54) is 13.2 Å². The first kappa shape index (κ1) is 18.5. The topological polar surface area (TPSA) is 64.6 Å². The van der Waals surface area contributed by atoms with Crippen LogP contribution in [0.1, 0.15) is 26.3 Å². The lowest BCUT2D eigenvalue weighted by molar-refractivity contribution is -0.136. The number of alkyl carbamates (subject to hydrolysis) is 1. The number of halogens is 2. The number of hydrogen-bond donors (Lipinski definition) is 1. The quantitative estimate of drug-likeness (QED) is 0.622. The van der Waals surface area contributed by atoms with E-state index in [2.05, 4.69) is 26.0 Å². The number of benzene rings is 1. The van der Waals surface area contributed by atoms with E-state index < -0.39 is 17.7 Å². The molecule has 0 bridgehead atoms. The van der Waals surface area contributed by atoms with Gasteiger partial charge in [-0.25, -0.2) is 9.59 Å². The van der Waals surface area contributed by atoms with Crippen LogP contribution in [0.25, 0.3) is 6.08 Å². The van der Waals surface area contributed by atoms with Gasteiger partial charge in [-0.2, -0.15) is 0 Å². The molecule has 1 rings (SSSR count). The number of esters is 1. The van der Waals surface area contributed by atoms with Gasteiger partial charge in [0, 0.05) is 9.50 Å². The standard InChI is InChI=1S/C15H17BrClNO4/c1-15(2,3)22-14(20)18-12(13(19)21-4)8-9-7-10(16)5-6-11(9)17/h5-8H,1-4H3,(H,18,20). The maximum atomic E-state index is 11.8. The summed E-state index contributed by atoms with van der Waals surface area (Å²) in [5, 5.41) is 2.80. The molecule has 1 aromatic carbocycles. The molecule has 0 radical (unpaired) electrons. The summed E-state index contributed by atoms with van der Waals surface area (Å²) in [5.41, 5.74) is -0.206. The van der Waals surface area contributed by atoms with Crippen LogP contribution in [0.15, 0.2) is 28.4 Å². The Morgan fingerprint density at radius 2 is 1.95 bits per heavy atom. The molecule has 0 aliphatic rings. The molecule has 0 unspecified atom stereocenters. The molecular formula is C15H17BrClNO4. The van der Waals surface area contributed by atoms with Gasteiger partial charge in [-0.15, -0.1) is 0 Å². The van der Waals surface area contributed by atoms with Crippen molar-refractivity contribution in [3.63, 3.8) is 0 Å². The summed E-state index contributed by atoms with van der Waals surface area (Å²) in [5.74, 6) is -0.707. The van der Waals surface area contributed by atoms with Gasteiger partial charge in [-0.1, -0.05) is 27.5 Å². The monoisotopic (exact) mass is 389 g/mol. The molecule has 1 aromatic rings. The van der Waals surface area contributed by atoms with Crippen LogP contribution < -0.4 is 5.32 Å². The summed E-state index contributed by atoms with van der Waals surface area (Å²) in [7, 11) is 1.22. The second-order valence-corrected chi connectivity index (χ2v) is 6.67. The number of carbonyl (C=O) groups is 2. The van der Waals surface area contributed by atoms with E-state index in [9.17, 15) is 9.59 Å². The van der Waals surface area contributed by atoms with Crippen LogP contribution in [0.3, 0.4) is 0 Å². The highest BCUT2D eigenvalue weighted by molar-refractivity contribution is 9.10. The Kier molecular flexibility index (Phi) is 6.44. The zero-order valence-electron chi connectivity index (χ0n) is 12.7. The Labute approximate surface area is 142 Å². The first-order valence-corrected chi connectivity index (χ1v) is 7.54. The van der Waals surface area contributed by atoms with E-state index in [-0.39, 0.29) is 5.70 Å². The molecule has 0 heterocycles. The fourth-order valence-corrected chi connectivity index (χ4v) is 2.00. The largest absolute Gasteiger partial charge is 0.464 e. The molecule has 0 aromatic heterocycles. The van der Waals surface area contributed by atoms with Gasteiger partial charge < -0.3 is 9.47 Å². The molecule has 22 heavy (non-hydrogen) atoms. The van der Waals surface area contributed by atoms with E-state index in [0.717, 1.165) is 4.47 Å². The number of carbonyl (C=O) groups excluding carboxylic acids is 2.